The summed E-state index contributed by atoms with van der Waals surface area (Å²) in [5.41, 5.74) is -0.480. The maximum atomic E-state index is 12.2. The van der Waals surface area contributed by atoms with Gasteiger partial charge in [0.1, 0.15) is 5.60 Å². The van der Waals surface area contributed by atoms with E-state index in [-0.39, 0.29) is 12.1 Å². The molecule has 1 aliphatic heterocycles. The zero-order valence-electron chi connectivity index (χ0n) is 13.9. The lowest BCUT2D eigenvalue weighted by atomic mass is 10.2. The molecule has 0 radical (unpaired) electrons. The van der Waals surface area contributed by atoms with E-state index in [0.29, 0.717) is 25.5 Å². The lowest BCUT2D eigenvalue weighted by molar-refractivity contribution is 0.0158. The molecule has 2 rings (SSSR count). The first-order valence-corrected chi connectivity index (χ1v) is 7.41. The van der Waals surface area contributed by atoms with Crippen LogP contribution in [0, 0.1) is 0 Å². The Morgan fingerprint density at radius 2 is 2.05 bits per heavy atom. The largest absolute Gasteiger partial charge is 0.480 e. The van der Waals surface area contributed by atoms with Crippen LogP contribution in [0.3, 0.4) is 0 Å². The second kappa shape index (κ2) is 6.37. The van der Waals surface area contributed by atoms with Crippen molar-refractivity contribution in [3.8, 4) is 5.88 Å². The van der Waals surface area contributed by atoms with Gasteiger partial charge in [-0.1, -0.05) is 0 Å². The Bertz CT molecular complexity index is 530. The number of nitrogens with zero attached hydrogens (tertiary/aromatic N) is 4. The van der Waals surface area contributed by atoms with Crippen LogP contribution >= 0.6 is 0 Å². The molecule has 1 atom stereocenters. The fraction of sp³-hybridized carbons (Fsp3) is 0.667. The summed E-state index contributed by atoms with van der Waals surface area (Å²) in [4.78, 5) is 24.6. The fourth-order valence-electron chi connectivity index (χ4n) is 2.35. The minimum Gasteiger partial charge on any atom is -0.480 e. The molecule has 2 heterocycles. The van der Waals surface area contributed by atoms with Crippen LogP contribution in [0.4, 0.5) is 10.6 Å². The van der Waals surface area contributed by atoms with E-state index >= 15 is 0 Å². The molecule has 0 bridgehead atoms. The minimum absolute atomic E-state index is 0.0385. The zero-order valence-corrected chi connectivity index (χ0v) is 13.9. The predicted molar refractivity (Wildman–Crippen MR) is 83.2 cm³/mol. The molecule has 7 nitrogen and oxygen atoms in total. The average Bonchev–Trinajstić information content (AvgIpc) is 2.45. The van der Waals surface area contributed by atoms with Crippen LogP contribution < -0.4 is 9.64 Å². The number of methoxy groups -OCH3 is 1. The van der Waals surface area contributed by atoms with E-state index in [2.05, 4.69) is 14.9 Å². The highest BCUT2D eigenvalue weighted by Crippen LogP contribution is 2.20. The van der Waals surface area contributed by atoms with Crippen molar-refractivity contribution in [2.45, 2.75) is 39.3 Å². The Hall–Kier alpha value is -2.05. The summed E-state index contributed by atoms with van der Waals surface area (Å²) in [5, 5.41) is 0. The molecule has 1 aromatic rings. The number of carbonyl (C=O) groups excluding carboxylic acids is 1. The lowest BCUT2D eigenvalue weighted by Gasteiger charge is -2.40. The smallest absolute Gasteiger partial charge is 0.410 e. The van der Waals surface area contributed by atoms with Crippen molar-refractivity contribution in [1.29, 1.82) is 0 Å². The highest BCUT2D eigenvalue weighted by atomic mass is 16.6. The van der Waals surface area contributed by atoms with Gasteiger partial charge in [0.25, 0.3) is 0 Å². The molecule has 1 aliphatic rings. The highest BCUT2D eigenvalue weighted by Gasteiger charge is 2.31. The third-order valence-electron chi connectivity index (χ3n) is 3.39. The number of amides is 1. The van der Waals surface area contributed by atoms with E-state index in [4.69, 9.17) is 9.47 Å². The van der Waals surface area contributed by atoms with Gasteiger partial charge in [0.2, 0.25) is 5.88 Å². The topological polar surface area (TPSA) is 67.8 Å². The number of rotatable bonds is 2. The molecule has 122 valence electrons. The van der Waals surface area contributed by atoms with Gasteiger partial charge in [-0.05, 0) is 27.7 Å². The standard InChI is InChI=1S/C15H24N4O3/c1-11-10-18(12-8-16-9-13(17-12)21-5)6-7-19(11)14(20)22-15(2,3)4/h8-9,11H,6-7,10H2,1-5H3. The van der Waals surface area contributed by atoms with Crippen LogP contribution in [-0.4, -0.2) is 59.3 Å². The number of carbonyl (C=O) groups is 1. The number of piperazine rings is 1. The second-order valence-corrected chi connectivity index (χ2v) is 6.39. The molecule has 1 amide bonds. The summed E-state index contributed by atoms with van der Waals surface area (Å²) >= 11 is 0. The quantitative estimate of drug-likeness (QED) is 0.831. The summed E-state index contributed by atoms with van der Waals surface area (Å²) in [6.07, 6.45) is 3.01. The van der Waals surface area contributed by atoms with Gasteiger partial charge in [-0.25, -0.2) is 4.79 Å². The van der Waals surface area contributed by atoms with E-state index in [0.717, 1.165) is 5.82 Å². The van der Waals surface area contributed by atoms with Crippen LogP contribution in [0.25, 0.3) is 0 Å². The Morgan fingerprint density at radius 1 is 1.32 bits per heavy atom. The summed E-state index contributed by atoms with van der Waals surface area (Å²) in [5.74, 6) is 1.25. The van der Waals surface area contributed by atoms with Crippen LogP contribution in [0.2, 0.25) is 0 Å². The molecule has 0 aromatic carbocycles. The second-order valence-electron chi connectivity index (χ2n) is 6.39. The van der Waals surface area contributed by atoms with Gasteiger partial charge in [-0.2, -0.15) is 4.98 Å². The van der Waals surface area contributed by atoms with E-state index in [1.807, 2.05) is 27.7 Å². The van der Waals surface area contributed by atoms with Crippen molar-refractivity contribution < 1.29 is 14.3 Å². The van der Waals surface area contributed by atoms with Gasteiger partial charge in [0.15, 0.2) is 5.82 Å². The molecule has 0 spiro atoms. The highest BCUT2D eigenvalue weighted by molar-refractivity contribution is 5.69. The molecule has 22 heavy (non-hydrogen) atoms. The average molecular weight is 308 g/mol. The molecule has 1 saturated heterocycles. The first-order valence-electron chi connectivity index (χ1n) is 7.41. The number of anilines is 1. The number of ether oxygens (including phenoxy) is 2. The van der Waals surface area contributed by atoms with Crippen molar-refractivity contribution in [3.63, 3.8) is 0 Å². The fourth-order valence-corrected chi connectivity index (χ4v) is 2.35. The van der Waals surface area contributed by atoms with Crippen molar-refractivity contribution in [1.82, 2.24) is 14.9 Å². The Balaban J connectivity index is 2.01. The summed E-state index contributed by atoms with van der Waals surface area (Å²) in [6.45, 7) is 9.58. The maximum absolute atomic E-state index is 12.2. The first-order chi connectivity index (χ1) is 10.3. The van der Waals surface area contributed by atoms with Gasteiger partial charge in [0, 0.05) is 25.7 Å². The van der Waals surface area contributed by atoms with E-state index in [1.54, 1.807) is 24.4 Å². The van der Waals surface area contributed by atoms with Gasteiger partial charge in [-0.3, -0.25) is 4.98 Å². The van der Waals surface area contributed by atoms with Gasteiger partial charge < -0.3 is 19.3 Å². The SMILES string of the molecule is COc1cncc(N2CCN(C(=O)OC(C)(C)C)C(C)C2)n1. The van der Waals surface area contributed by atoms with Crippen molar-refractivity contribution in [2.24, 2.45) is 0 Å². The molecule has 1 aromatic heterocycles. The summed E-state index contributed by atoms with van der Waals surface area (Å²) < 4.78 is 10.5. The Labute approximate surface area is 131 Å². The van der Waals surface area contributed by atoms with Crippen molar-refractivity contribution in [2.75, 3.05) is 31.6 Å². The summed E-state index contributed by atoms with van der Waals surface area (Å²) in [7, 11) is 1.57. The zero-order chi connectivity index (χ0) is 16.3. The molecule has 0 N–H and O–H groups in total. The normalized spacial score (nSPS) is 19.0. The first kappa shape index (κ1) is 16.3. The van der Waals surface area contributed by atoms with E-state index < -0.39 is 5.60 Å². The predicted octanol–water partition coefficient (Wildman–Crippen LogP) is 1.93. The van der Waals surface area contributed by atoms with E-state index in [9.17, 15) is 4.79 Å². The molecule has 0 saturated carbocycles. The third kappa shape index (κ3) is 3.99. The van der Waals surface area contributed by atoms with Crippen LogP contribution in [0.1, 0.15) is 27.7 Å². The molecular formula is C15H24N4O3. The van der Waals surface area contributed by atoms with Gasteiger partial charge in [0.05, 0.1) is 19.5 Å². The lowest BCUT2D eigenvalue weighted by Crippen LogP contribution is -2.55. The molecule has 7 heteroatoms. The minimum atomic E-state index is -0.480. The molecular weight excluding hydrogens is 284 g/mol. The Morgan fingerprint density at radius 3 is 2.64 bits per heavy atom. The van der Waals surface area contributed by atoms with Crippen LogP contribution in [0.5, 0.6) is 5.88 Å². The van der Waals surface area contributed by atoms with Crippen LogP contribution in [0.15, 0.2) is 12.4 Å². The van der Waals surface area contributed by atoms with Crippen LogP contribution in [-0.2, 0) is 4.74 Å². The van der Waals surface area contributed by atoms with E-state index in [1.165, 1.54) is 0 Å². The third-order valence-corrected chi connectivity index (χ3v) is 3.39. The monoisotopic (exact) mass is 308 g/mol. The Kier molecular flexibility index (Phi) is 4.73. The number of hydrogen-bond donors (Lipinski definition) is 0. The van der Waals surface area contributed by atoms with Crippen molar-refractivity contribution in [3.05, 3.63) is 12.4 Å². The number of hydrogen-bond acceptors (Lipinski definition) is 6. The van der Waals surface area contributed by atoms with Gasteiger partial charge >= 0.3 is 6.09 Å². The molecule has 0 aliphatic carbocycles. The van der Waals surface area contributed by atoms with Crippen molar-refractivity contribution >= 4 is 11.9 Å². The molecule has 1 unspecified atom stereocenters. The molecule has 1 fully saturated rings. The summed E-state index contributed by atoms with van der Waals surface area (Å²) in [6, 6.07) is 0.0385. The maximum Gasteiger partial charge on any atom is 0.410 e. The van der Waals surface area contributed by atoms with Gasteiger partial charge in [-0.15, -0.1) is 0 Å². The number of aromatic nitrogens is 2.